The molecule has 0 bridgehead atoms. The van der Waals surface area contributed by atoms with Crippen molar-refractivity contribution in [1.82, 2.24) is 30.1 Å². The van der Waals surface area contributed by atoms with Gasteiger partial charge in [-0.15, -0.1) is 0 Å². The highest BCUT2D eigenvalue weighted by atomic mass is 16.5. The standard InChI is InChI=1S/C40H42N10O3/c1-26-34(22-42-38-37(26)41-13-19-53-38)28-4-5-29-21-43-39(45-35(29)20-28)44-30-6-2-27(3-7-30)23-47-15-17-48(18-16-47)33-24-49(25-33)31-8-10-32(11-9-31)50-14-12-36(51)46-40(50)52/h2-11,20-22,33,41H,12-19,23-25H2,1H3,(H,43,44,45)(H,46,51,52). The SMILES string of the molecule is Cc1c(-c2ccc3cnc(Nc4ccc(CN5CCN(C6CN(c7ccc(N8CCC(=O)NC8=O)cc7)C6)CC5)cc4)nc3c2)cnc2c1NCCO2. The number of carbonyl (C=O) groups excluding carboxylic acids is 2. The van der Waals surface area contributed by atoms with Crippen LogP contribution in [0.2, 0.25) is 0 Å². The Balaban J connectivity index is 0.756. The predicted octanol–water partition coefficient (Wildman–Crippen LogP) is 5.00. The van der Waals surface area contributed by atoms with Crippen LogP contribution in [0.1, 0.15) is 17.5 Å². The molecule has 0 saturated carbocycles. The molecule has 13 nitrogen and oxygen atoms in total. The molecule has 53 heavy (non-hydrogen) atoms. The minimum Gasteiger partial charge on any atom is -0.474 e. The first kappa shape index (κ1) is 33.1. The van der Waals surface area contributed by atoms with Gasteiger partial charge in [0.05, 0.1) is 5.52 Å². The van der Waals surface area contributed by atoms with Crippen molar-refractivity contribution in [3.05, 3.63) is 90.3 Å². The van der Waals surface area contributed by atoms with E-state index < -0.39 is 0 Å². The van der Waals surface area contributed by atoms with Crippen LogP contribution in [0.5, 0.6) is 5.88 Å². The molecular weight excluding hydrogens is 669 g/mol. The molecule has 13 heteroatoms. The predicted molar refractivity (Wildman–Crippen MR) is 206 cm³/mol. The number of benzene rings is 3. The summed E-state index contributed by atoms with van der Waals surface area (Å²) in [5.41, 5.74) is 9.26. The van der Waals surface area contributed by atoms with Crippen molar-refractivity contribution in [3.63, 3.8) is 0 Å². The largest absolute Gasteiger partial charge is 0.474 e. The summed E-state index contributed by atoms with van der Waals surface area (Å²) in [6.07, 6.45) is 4.06. The van der Waals surface area contributed by atoms with E-state index >= 15 is 0 Å². The Bertz CT molecular complexity index is 2160. The van der Waals surface area contributed by atoms with Crippen molar-refractivity contribution >= 4 is 51.5 Å². The van der Waals surface area contributed by atoms with Crippen molar-refractivity contribution in [2.45, 2.75) is 25.9 Å². The van der Waals surface area contributed by atoms with Gasteiger partial charge >= 0.3 is 6.03 Å². The van der Waals surface area contributed by atoms with Gasteiger partial charge in [0.1, 0.15) is 12.3 Å². The van der Waals surface area contributed by atoms with Crippen LogP contribution >= 0.6 is 0 Å². The Hall–Kier alpha value is -5.79. The van der Waals surface area contributed by atoms with E-state index in [1.165, 1.54) is 11.3 Å². The first-order valence-corrected chi connectivity index (χ1v) is 18.4. The molecule has 5 aromatic rings. The van der Waals surface area contributed by atoms with Gasteiger partial charge in [-0.25, -0.2) is 19.7 Å². The summed E-state index contributed by atoms with van der Waals surface area (Å²) in [5, 5.41) is 10.2. The average molecular weight is 711 g/mol. The number of nitrogens with zero attached hydrogens (tertiary/aromatic N) is 7. The third kappa shape index (κ3) is 6.80. The van der Waals surface area contributed by atoms with Gasteiger partial charge in [0, 0.05) is 112 Å². The van der Waals surface area contributed by atoms with E-state index in [1.807, 2.05) is 24.5 Å². The molecule has 0 spiro atoms. The first-order valence-electron chi connectivity index (χ1n) is 18.4. The lowest BCUT2D eigenvalue weighted by Crippen LogP contribution is -2.63. The van der Waals surface area contributed by atoms with E-state index in [0.29, 0.717) is 37.4 Å². The topological polar surface area (TPSA) is 131 Å². The number of fused-ring (bicyclic) bond motifs is 2. The molecule has 4 aliphatic heterocycles. The number of hydrogen-bond acceptors (Lipinski definition) is 11. The second-order valence-electron chi connectivity index (χ2n) is 14.2. The maximum Gasteiger partial charge on any atom is 0.328 e. The van der Waals surface area contributed by atoms with Gasteiger partial charge in [-0.2, -0.15) is 0 Å². The van der Waals surface area contributed by atoms with Crippen LogP contribution in [-0.2, 0) is 11.3 Å². The first-order chi connectivity index (χ1) is 25.9. The van der Waals surface area contributed by atoms with Crippen LogP contribution in [0, 0.1) is 6.92 Å². The molecular formula is C40H42N10O3. The number of nitrogens with one attached hydrogen (secondary N) is 3. The monoisotopic (exact) mass is 710 g/mol. The average Bonchev–Trinajstić information content (AvgIpc) is 3.16. The van der Waals surface area contributed by atoms with Gasteiger partial charge in [-0.05, 0) is 66.1 Å². The number of ether oxygens (including phenoxy) is 1. The lowest BCUT2D eigenvalue weighted by Gasteiger charge is -2.49. The number of pyridine rings is 1. The Morgan fingerprint density at radius 1 is 0.887 bits per heavy atom. The van der Waals surface area contributed by atoms with Crippen molar-refractivity contribution < 1.29 is 14.3 Å². The van der Waals surface area contributed by atoms with Crippen molar-refractivity contribution in [2.75, 3.05) is 79.4 Å². The lowest BCUT2D eigenvalue weighted by molar-refractivity contribution is -0.120. The summed E-state index contributed by atoms with van der Waals surface area (Å²) in [6, 6.07) is 23.1. The summed E-state index contributed by atoms with van der Waals surface area (Å²) in [7, 11) is 0. The maximum absolute atomic E-state index is 12.2. The highest BCUT2D eigenvalue weighted by molar-refractivity contribution is 6.05. The van der Waals surface area contributed by atoms with Gasteiger partial charge < -0.3 is 20.3 Å². The Morgan fingerprint density at radius 3 is 2.47 bits per heavy atom. The third-order valence-corrected chi connectivity index (χ3v) is 10.8. The maximum atomic E-state index is 12.2. The highest BCUT2D eigenvalue weighted by Gasteiger charge is 2.34. The zero-order valence-corrected chi connectivity index (χ0v) is 29.7. The molecule has 0 aliphatic carbocycles. The van der Waals surface area contributed by atoms with Gasteiger partial charge in [-0.3, -0.25) is 24.8 Å². The van der Waals surface area contributed by atoms with Crippen LogP contribution < -0.4 is 30.5 Å². The number of carbonyl (C=O) groups is 2. The second kappa shape index (κ2) is 14.0. The number of aromatic nitrogens is 3. The van der Waals surface area contributed by atoms with E-state index in [-0.39, 0.29) is 11.9 Å². The molecule has 9 rings (SSSR count). The molecule has 3 N–H and O–H groups in total. The Morgan fingerprint density at radius 2 is 1.68 bits per heavy atom. The van der Waals surface area contributed by atoms with Gasteiger partial charge in [0.2, 0.25) is 17.7 Å². The molecule has 0 unspecified atom stereocenters. The number of rotatable bonds is 8. The molecule has 0 atom stereocenters. The summed E-state index contributed by atoms with van der Waals surface area (Å²) in [4.78, 5) is 46.8. The number of piperazine rings is 1. The number of anilines is 5. The van der Waals surface area contributed by atoms with E-state index in [4.69, 9.17) is 9.72 Å². The summed E-state index contributed by atoms with van der Waals surface area (Å²) in [6.45, 7) is 11.1. The van der Waals surface area contributed by atoms with Crippen LogP contribution in [0.4, 0.5) is 33.5 Å². The molecule has 3 aromatic carbocycles. The normalized spacial score (nSPS) is 18.2. The molecule has 0 radical (unpaired) electrons. The fourth-order valence-corrected chi connectivity index (χ4v) is 7.68. The second-order valence-corrected chi connectivity index (χ2v) is 14.2. The summed E-state index contributed by atoms with van der Waals surface area (Å²) in [5.74, 6) is 1.00. The molecule has 3 saturated heterocycles. The fraction of sp³-hybridized carbons (Fsp3) is 0.325. The van der Waals surface area contributed by atoms with Crippen LogP contribution in [0.3, 0.4) is 0 Å². The van der Waals surface area contributed by atoms with E-state index in [0.717, 1.165) is 97.0 Å². The Kier molecular flexibility index (Phi) is 8.72. The van der Waals surface area contributed by atoms with E-state index in [2.05, 4.69) is 102 Å². The third-order valence-electron chi connectivity index (χ3n) is 10.8. The molecule has 4 aliphatic rings. The number of imide groups is 1. The zero-order chi connectivity index (χ0) is 35.9. The summed E-state index contributed by atoms with van der Waals surface area (Å²) >= 11 is 0. The molecule has 270 valence electrons. The molecule has 3 fully saturated rings. The smallest absolute Gasteiger partial charge is 0.328 e. The number of urea groups is 1. The van der Waals surface area contributed by atoms with E-state index in [1.54, 1.807) is 4.90 Å². The zero-order valence-electron chi connectivity index (χ0n) is 29.7. The van der Waals surface area contributed by atoms with Gasteiger partial charge in [0.15, 0.2) is 0 Å². The van der Waals surface area contributed by atoms with Crippen LogP contribution in [-0.4, -0.2) is 102 Å². The number of amides is 3. The molecule has 3 amide bonds. The van der Waals surface area contributed by atoms with Crippen LogP contribution in [0.25, 0.3) is 22.0 Å². The van der Waals surface area contributed by atoms with Gasteiger partial charge in [-0.1, -0.05) is 24.3 Å². The minimum absolute atomic E-state index is 0.216. The number of hydrogen-bond donors (Lipinski definition) is 3. The van der Waals surface area contributed by atoms with Crippen molar-refractivity contribution in [1.29, 1.82) is 0 Å². The van der Waals surface area contributed by atoms with Crippen molar-refractivity contribution in [3.8, 4) is 17.0 Å². The molecule has 2 aromatic heterocycles. The quantitative estimate of drug-likeness (QED) is 0.201. The highest BCUT2D eigenvalue weighted by Crippen LogP contribution is 2.36. The Labute approximate surface area is 308 Å². The fourth-order valence-electron chi connectivity index (χ4n) is 7.68. The molecule has 6 heterocycles. The van der Waals surface area contributed by atoms with Crippen molar-refractivity contribution in [2.24, 2.45) is 0 Å². The van der Waals surface area contributed by atoms with Gasteiger partial charge in [0.25, 0.3) is 0 Å². The van der Waals surface area contributed by atoms with Crippen LogP contribution in [0.15, 0.2) is 79.1 Å². The van der Waals surface area contributed by atoms with E-state index in [9.17, 15) is 9.59 Å². The lowest BCUT2D eigenvalue weighted by atomic mass is 10.00. The summed E-state index contributed by atoms with van der Waals surface area (Å²) < 4.78 is 5.71. The minimum atomic E-state index is -0.349.